The SMILES string of the molecule is COc1nc(NCCc2ccc(C(F)(F)F)cc2F)cc(-c2cccc(CCNC(C)=O)c2)n1.Cl. The van der Waals surface area contributed by atoms with Crippen molar-refractivity contribution in [3.63, 3.8) is 0 Å². The van der Waals surface area contributed by atoms with E-state index in [0.717, 1.165) is 23.3 Å². The number of anilines is 1. The number of aromatic nitrogens is 2. The van der Waals surface area contributed by atoms with Crippen LogP contribution in [0.25, 0.3) is 11.3 Å². The first-order chi connectivity index (χ1) is 16.2. The number of nitrogens with zero attached hydrogens (tertiary/aromatic N) is 2. The van der Waals surface area contributed by atoms with Gasteiger partial charge < -0.3 is 15.4 Å². The molecule has 11 heteroatoms. The van der Waals surface area contributed by atoms with Crippen LogP contribution in [0.15, 0.2) is 48.5 Å². The van der Waals surface area contributed by atoms with Gasteiger partial charge in [-0.15, -0.1) is 12.4 Å². The summed E-state index contributed by atoms with van der Waals surface area (Å²) in [6.45, 7) is 2.21. The molecule has 6 nitrogen and oxygen atoms in total. The fourth-order valence-electron chi connectivity index (χ4n) is 3.28. The van der Waals surface area contributed by atoms with Crippen molar-refractivity contribution in [2.24, 2.45) is 0 Å². The first-order valence-corrected chi connectivity index (χ1v) is 10.5. The molecule has 3 aromatic rings. The molecule has 2 N–H and O–H groups in total. The van der Waals surface area contributed by atoms with Gasteiger partial charge in [-0.1, -0.05) is 24.3 Å². The number of carbonyl (C=O) groups is 1. The smallest absolute Gasteiger partial charge is 0.416 e. The monoisotopic (exact) mass is 512 g/mol. The molecule has 2 aromatic carbocycles. The van der Waals surface area contributed by atoms with Crippen molar-refractivity contribution >= 4 is 24.1 Å². The number of carbonyl (C=O) groups excluding carboxylic acids is 1. The third-order valence-corrected chi connectivity index (χ3v) is 4.98. The standard InChI is InChI=1S/C24H24F4N4O2.ClH/c1-15(33)29-10-8-16-4-3-5-18(12-16)21-14-22(32-23(31-21)34-2)30-11-9-17-6-7-19(13-20(17)25)24(26,27)28;/h3-7,12-14H,8-11H2,1-2H3,(H,29,33)(H,30,31,32);1H. The van der Waals surface area contributed by atoms with Crippen molar-refractivity contribution in [3.05, 3.63) is 71.0 Å². The van der Waals surface area contributed by atoms with Gasteiger partial charge in [-0.25, -0.2) is 4.39 Å². The van der Waals surface area contributed by atoms with Crippen LogP contribution in [0.2, 0.25) is 0 Å². The highest BCUT2D eigenvalue weighted by molar-refractivity contribution is 5.85. The maximum atomic E-state index is 14.1. The molecule has 0 saturated heterocycles. The Hall–Kier alpha value is -3.40. The summed E-state index contributed by atoms with van der Waals surface area (Å²) in [6.07, 6.45) is -3.78. The topological polar surface area (TPSA) is 76.1 Å². The summed E-state index contributed by atoms with van der Waals surface area (Å²) in [7, 11) is 1.43. The molecule has 1 heterocycles. The van der Waals surface area contributed by atoms with Crippen LogP contribution in [-0.2, 0) is 23.8 Å². The molecule has 0 aliphatic heterocycles. The predicted molar refractivity (Wildman–Crippen MR) is 127 cm³/mol. The Morgan fingerprint density at radius 2 is 1.80 bits per heavy atom. The molecule has 0 spiro atoms. The molecule has 0 aliphatic carbocycles. The molecule has 1 aromatic heterocycles. The number of rotatable bonds is 9. The van der Waals surface area contributed by atoms with Gasteiger partial charge in [-0.3, -0.25) is 4.79 Å². The van der Waals surface area contributed by atoms with E-state index in [-0.39, 0.29) is 42.9 Å². The average molecular weight is 513 g/mol. The van der Waals surface area contributed by atoms with Crippen molar-refractivity contribution in [2.45, 2.75) is 25.9 Å². The van der Waals surface area contributed by atoms with Gasteiger partial charge in [0.05, 0.1) is 18.4 Å². The summed E-state index contributed by atoms with van der Waals surface area (Å²) >= 11 is 0. The van der Waals surface area contributed by atoms with E-state index < -0.39 is 17.6 Å². The third-order valence-electron chi connectivity index (χ3n) is 4.98. The number of methoxy groups -OCH3 is 1. The summed E-state index contributed by atoms with van der Waals surface area (Å²) in [4.78, 5) is 19.7. The minimum atomic E-state index is -4.59. The van der Waals surface area contributed by atoms with E-state index >= 15 is 0 Å². The van der Waals surface area contributed by atoms with Gasteiger partial charge in [0, 0.05) is 31.6 Å². The highest BCUT2D eigenvalue weighted by atomic mass is 35.5. The third kappa shape index (κ3) is 8.10. The van der Waals surface area contributed by atoms with Gasteiger partial charge in [-0.2, -0.15) is 23.1 Å². The quantitative estimate of drug-likeness (QED) is 0.392. The van der Waals surface area contributed by atoms with Gasteiger partial charge in [0.2, 0.25) is 5.91 Å². The van der Waals surface area contributed by atoms with Crippen molar-refractivity contribution in [1.82, 2.24) is 15.3 Å². The lowest BCUT2D eigenvalue weighted by molar-refractivity contribution is -0.137. The van der Waals surface area contributed by atoms with Crippen molar-refractivity contribution in [1.29, 1.82) is 0 Å². The van der Waals surface area contributed by atoms with Crippen LogP contribution in [0.4, 0.5) is 23.4 Å². The Kier molecular flexibility index (Phi) is 9.82. The zero-order chi connectivity index (χ0) is 24.7. The molecule has 0 bridgehead atoms. The molecule has 0 aliphatic rings. The Morgan fingerprint density at radius 3 is 2.46 bits per heavy atom. The lowest BCUT2D eigenvalue weighted by atomic mass is 10.1. The number of alkyl halides is 3. The predicted octanol–water partition coefficient (Wildman–Crippen LogP) is 5.07. The largest absolute Gasteiger partial charge is 0.467 e. The van der Waals surface area contributed by atoms with Crippen LogP contribution < -0.4 is 15.4 Å². The second-order valence-electron chi connectivity index (χ2n) is 7.54. The summed E-state index contributed by atoms with van der Waals surface area (Å²) in [6, 6.07) is 12.0. The summed E-state index contributed by atoms with van der Waals surface area (Å²) in [5, 5.41) is 5.80. The zero-order valence-corrected chi connectivity index (χ0v) is 19.9. The molecule has 0 atom stereocenters. The molecule has 1 amide bonds. The Bertz CT molecular complexity index is 1160. The molecule has 0 unspecified atom stereocenters. The molecule has 188 valence electrons. The molecular formula is C24H25ClF4N4O2. The second-order valence-corrected chi connectivity index (χ2v) is 7.54. The first kappa shape index (κ1) is 27.8. The fourth-order valence-corrected chi connectivity index (χ4v) is 3.28. The molecule has 0 saturated carbocycles. The number of nitrogens with one attached hydrogen (secondary N) is 2. The maximum absolute atomic E-state index is 14.1. The lowest BCUT2D eigenvalue weighted by Gasteiger charge is -2.12. The Balaban J connectivity index is 0.00000432. The number of halogens is 5. The van der Waals surface area contributed by atoms with E-state index in [0.29, 0.717) is 30.5 Å². The molecule has 0 radical (unpaired) electrons. The number of hydrogen-bond donors (Lipinski definition) is 2. The molecule has 35 heavy (non-hydrogen) atoms. The van der Waals surface area contributed by atoms with E-state index in [9.17, 15) is 22.4 Å². The minimum Gasteiger partial charge on any atom is -0.467 e. The maximum Gasteiger partial charge on any atom is 0.416 e. The summed E-state index contributed by atoms with van der Waals surface area (Å²) in [5.74, 6) is -0.574. The minimum absolute atomic E-state index is 0. The van der Waals surface area contributed by atoms with Crippen molar-refractivity contribution in [2.75, 3.05) is 25.5 Å². The Labute approximate surface area is 206 Å². The van der Waals surface area contributed by atoms with Gasteiger partial charge in [0.25, 0.3) is 0 Å². The van der Waals surface area contributed by atoms with E-state index in [4.69, 9.17) is 4.74 Å². The van der Waals surface area contributed by atoms with Gasteiger partial charge >= 0.3 is 12.2 Å². The summed E-state index contributed by atoms with van der Waals surface area (Å²) < 4.78 is 57.4. The van der Waals surface area contributed by atoms with Crippen LogP contribution in [0, 0.1) is 5.82 Å². The van der Waals surface area contributed by atoms with Crippen LogP contribution in [0.3, 0.4) is 0 Å². The number of amides is 1. The van der Waals surface area contributed by atoms with Crippen molar-refractivity contribution in [3.8, 4) is 17.3 Å². The van der Waals surface area contributed by atoms with E-state index in [1.807, 2.05) is 24.3 Å². The lowest BCUT2D eigenvalue weighted by Crippen LogP contribution is -2.22. The van der Waals surface area contributed by atoms with E-state index in [1.165, 1.54) is 14.0 Å². The number of benzene rings is 2. The molecule has 3 rings (SSSR count). The average Bonchev–Trinajstić information content (AvgIpc) is 2.79. The van der Waals surface area contributed by atoms with Gasteiger partial charge in [0.1, 0.15) is 11.6 Å². The van der Waals surface area contributed by atoms with Gasteiger partial charge in [0.15, 0.2) is 0 Å². The second kappa shape index (κ2) is 12.3. The van der Waals surface area contributed by atoms with Crippen LogP contribution in [0.1, 0.15) is 23.6 Å². The van der Waals surface area contributed by atoms with Gasteiger partial charge in [-0.05, 0) is 42.2 Å². The summed E-state index contributed by atoms with van der Waals surface area (Å²) in [5.41, 5.74) is 1.56. The first-order valence-electron chi connectivity index (χ1n) is 10.5. The van der Waals surface area contributed by atoms with Crippen LogP contribution >= 0.6 is 12.4 Å². The molecular weight excluding hydrogens is 488 g/mol. The highest BCUT2D eigenvalue weighted by Gasteiger charge is 2.31. The van der Waals surface area contributed by atoms with Crippen molar-refractivity contribution < 1.29 is 27.1 Å². The Morgan fingerprint density at radius 1 is 1.03 bits per heavy atom. The zero-order valence-electron chi connectivity index (χ0n) is 19.1. The highest BCUT2D eigenvalue weighted by Crippen LogP contribution is 2.30. The fraction of sp³-hybridized carbons (Fsp3) is 0.292. The number of hydrogen-bond acceptors (Lipinski definition) is 5. The van der Waals surface area contributed by atoms with E-state index in [1.54, 1.807) is 6.07 Å². The van der Waals surface area contributed by atoms with Crippen LogP contribution in [-0.4, -0.2) is 36.1 Å². The van der Waals surface area contributed by atoms with Crippen LogP contribution in [0.5, 0.6) is 6.01 Å². The molecule has 0 fully saturated rings. The normalized spacial score (nSPS) is 10.9. The van der Waals surface area contributed by atoms with E-state index in [2.05, 4.69) is 20.6 Å². The number of ether oxygens (including phenoxy) is 1.